The van der Waals surface area contributed by atoms with Crippen LogP contribution in [0.15, 0.2) is 49.6 Å². The van der Waals surface area contributed by atoms with Crippen LogP contribution < -0.4 is 0 Å². The number of hydrogen-bond donors (Lipinski definition) is 1. The maximum absolute atomic E-state index is 10.4. The molecule has 0 amide bonds. The number of nitro groups is 1. The van der Waals surface area contributed by atoms with Gasteiger partial charge < -0.3 is 0 Å². The predicted octanol–water partition coefficient (Wildman–Crippen LogP) is 0.332. The number of H-pyrrole nitrogens is 1. The number of nitro benzene ring substituents is 1. The zero-order chi connectivity index (χ0) is 13.5. The maximum atomic E-state index is 10.4. The Hall–Kier alpha value is -2.10. The summed E-state index contributed by atoms with van der Waals surface area (Å²) in [6.07, 6.45) is 5.89. The van der Waals surface area contributed by atoms with E-state index in [1.165, 1.54) is 42.1 Å². The maximum Gasteiger partial charge on any atom is 0.137 e. The van der Waals surface area contributed by atoms with Gasteiger partial charge in [-0.15, -0.1) is 0 Å². The molecule has 9 nitrogen and oxygen atoms in total. The van der Waals surface area contributed by atoms with Gasteiger partial charge in [-0.2, -0.15) is 10.2 Å². The van der Waals surface area contributed by atoms with E-state index < -0.39 is 4.92 Å². The number of nitrogens with zero attached hydrogens (tertiary/aromatic N) is 6. The quantitative estimate of drug-likeness (QED) is 0.411. The van der Waals surface area contributed by atoms with Crippen LogP contribution >= 0.6 is 0 Å². The molecule has 1 aromatic carbocycles. The minimum absolute atomic E-state index is 0. The molecular weight excluding hydrogens is 273 g/mol. The molecule has 0 fully saturated rings. The van der Waals surface area contributed by atoms with Gasteiger partial charge in [0.05, 0.1) is 10.6 Å². The van der Waals surface area contributed by atoms with Crippen LogP contribution in [0.5, 0.6) is 0 Å². The molecular formula is C10H10N7NaO2. The fourth-order valence-corrected chi connectivity index (χ4v) is 1.24. The molecule has 0 radical (unpaired) electrons. The second-order valence-electron chi connectivity index (χ2n) is 3.27. The summed E-state index contributed by atoms with van der Waals surface area (Å²) in [5.74, 6) is 0. The van der Waals surface area contributed by atoms with Crippen LogP contribution in [0.1, 0.15) is 0 Å². The number of aromatic nitrogens is 6. The van der Waals surface area contributed by atoms with Crippen molar-refractivity contribution in [3.8, 4) is 5.69 Å². The van der Waals surface area contributed by atoms with Gasteiger partial charge in [0.1, 0.15) is 25.3 Å². The third kappa shape index (κ3) is 4.53. The molecule has 2 heterocycles. The molecule has 0 atom stereocenters. The Kier molecular flexibility index (Phi) is 6.50. The van der Waals surface area contributed by atoms with Crippen molar-refractivity contribution in [3.63, 3.8) is 0 Å². The van der Waals surface area contributed by atoms with Gasteiger partial charge in [-0.25, -0.2) is 14.6 Å². The molecule has 0 aliphatic carbocycles. The average molecular weight is 283 g/mol. The Morgan fingerprint density at radius 3 is 2.30 bits per heavy atom. The van der Waals surface area contributed by atoms with Crippen molar-refractivity contribution >= 4 is 35.2 Å². The van der Waals surface area contributed by atoms with Gasteiger partial charge in [0, 0.05) is 12.1 Å². The van der Waals surface area contributed by atoms with E-state index in [9.17, 15) is 10.1 Å². The van der Waals surface area contributed by atoms with Crippen molar-refractivity contribution in [1.29, 1.82) is 0 Å². The molecule has 1 N–H and O–H groups in total. The van der Waals surface area contributed by atoms with Crippen LogP contribution in [-0.2, 0) is 0 Å². The van der Waals surface area contributed by atoms with E-state index in [0.717, 1.165) is 5.69 Å². The average Bonchev–Trinajstić information content (AvgIpc) is 3.15. The van der Waals surface area contributed by atoms with E-state index in [1.54, 1.807) is 12.1 Å². The van der Waals surface area contributed by atoms with Gasteiger partial charge in [0.25, 0.3) is 5.69 Å². The molecule has 2 aromatic heterocycles. The molecule has 98 valence electrons. The fraction of sp³-hybridized carbons (Fsp3) is 0. The SMILES string of the molecule is O=[N+]([O-])c1ccc(-n2cncn2)cc1.[NaH].c1nc[nH]n1. The Balaban J connectivity index is 0.000000283. The molecule has 3 aromatic rings. The molecule has 3 rings (SSSR count). The molecule has 0 spiro atoms. The van der Waals surface area contributed by atoms with Gasteiger partial charge in [-0.3, -0.25) is 15.2 Å². The summed E-state index contributed by atoms with van der Waals surface area (Å²) in [6, 6.07) is 6.09. The van der Waals surface area contributed by atoms with Crippen molar-refractivity contribution < 1.29 is 4.92 Å². The number of rotatable bonds is 2. The minimum Gasteiger partial charge on any atom is -0.266 e. The molecule has 0 unspecified atom stereocenters. The van der Waals surface area contributed by atoms with Gasteiger partial charge in [-0.05, 0) is 12.1 Å². The van der Waals surface area contributed by atoms with Gasteiger partial charge in [0.2, 0.25) is 0 Å². The number of hydrogen-bond acceptors (Lipinski definition) is 6. The molecule has 0 saturated carbocycles. The van der Waals surface area contributed by atoms with Crippen LogP contribution in [0.25, 0.3) is 5.69 Å². The van der Waals surface area contributed by atoms with E-state index in [0.29, 0.717) is 0 Å². The first-order valence-electron chi connectivity index (χ1n) is 5.15. The summed E-state index contributed by atoms with van der Waals surface area (Å²) in [5, 5.41) is 20.3. The molecule has 0 aliphatic heterocycles. The summed E-state index contributed by atoms with van der Waals surface area (Å²) < 4.78 is 1.53. The second-order valence-corrected chi connectivity index (χ2v) is 3.27. The van der Waals surface area contributed by atoms with Gasteiger partial charge >= 0.3 is 29.6 Å². The zero-order valence-electron chi connectivity index (χ0n) is 9.62. The van der Waals surface area contributed by atoms with Crippen LogP contribution in [0.2, 0.25) is 0 Å². The van der Waals surface area contributed by atoms with Gasteiger partial charge in [-0.1, -0.05) is 0 Å². The van der Waals surface area contributed by atoms with E-state index >= 15 is 0 Å². The van der Waals surface area contributed by atoms with Crippen molar-refractivity contribution in [1.82, 2.24) is 29.9 Å². The van der Waals surface area contributed by atoms with Crippen molar-refractivity contribution in [2.24, 2.45) is 0 Å². The zero-order valence-corrected chi connectivity index (χ0v) is 9.62. The van der Waals surface area contributed by atoms with Crippen LogP contribution in [0, 0.1) is 10.1 Å². The summed E-state index contributed by atoms with van der Waals surface area (Å²) >= 11 is 0. The molecule has 0 saturated heterocycles. The Morgan fingerprint density at radius 2 is 1.90 bits per heavy atom. The normalized spacial score (nSPS) is 9.00. The Bertz CT molecular complexity index is 592. The number of non-ortho nitro benzene ring substituents is 1. The van der Waals surface area contributed by atoms with Crippen molar-refractivity contribution in [3.05, 3.63) is 59.7 Å². The minimum atomic E-state index is -0.439. The predicted molar refractivity (Wildman–Crippen MR) is 71.5 cm³/mol. The third-order valence-corrected chi connectivity index (χ3v) is 2.08. The topological polar surface area (TPSA) is 115 Å². The first-order chi connectivity index (χ1) is 9.27. The van der Waals surface area contributed by atoms with Crippen molar-refractivity contribution in [2.45, 2.75) is 0 Å². The second kappa shape index (κ2) is 8.15. The van der Waals surface area contributed by atoms with Crippen LogP contribution in [0.3, 0.4) is 0 Å². The first kappa shape index (κ1) is 16.0. The number of nitrogens with one attached hydrogen (secondary N) is 1. The van der Waals surface area contributed by atoms with E-state index in [2.05, 4.69) is 25.3 Å². The van der Waals surface area contributed by atoms with Gasteiger partial charge in [0.15, 0.2) is 0 Å². The van der Waals surface area contributed by atoms with Crippen LogP contribution in [0.4, 0.5) is 5.69 Å². The van der Waals surface area contributed by atoms with E-state index in [4.69, 9.17) is 0 Å². The molecule has 10 heteroatoms. The van der Waals surface area contributed by atoms with Crippen molar-refractivity contribution in [2.75, 3.05) is 0 Å². The summed E-state index contributed by atoms with van der Waals surface area (Å²) in [7, 11) is 0. The standard InChI is InChI=1S/C8H6N4O2.C2H3N3.Na.H/c13-12(14)8-3-1-7(2-4-8)11-6-9-5-10-11;1-3-2-5-4-1;;/h1-6H;1-2H,(H,3,4,5);;. The van der Waals surface area contributed by atoms with Crippen LogP contribution in [-0.4, -0.2) is 64.4 Å². The summed E-state index contributed by atoms with van der Waals surface area (Å²) in [5.41, 5.74) is 0.807. The smallest absolute Gasteiger partial charge is 0.137 e. The monoisotopic (exact) mass is 283 g/mol. The third-order valence-electron chi connectivity index (χ3n) is 2.08. The summed E-state index contributed by atoms with van der Waals surface area (Å²) in [6.45, 7) is 0. The number of aromatic amines is 1. The Morgan fingerprint density at radius 1 is 1.15 bits per heavy atom. The summed E-state index contributed by atoms with van der Waals surface area (Å²) in [4.78, 5) is 17.3. The molecule has 20 heavy (non-hydrogen) atoms. The first-order valence-corrected chi connectivity index (χ1v) is 5.15. The van der Waals surface area contributed by atoms with E-state index in [-0.39, 0.29) is 35.2 Å². The molecule has 0 aliphatic rings. The Labute approximate surface area is 135 Å². The molecule has 0 bridgehead atoms. The number of benzene rings is 1. The largest absolute Gasteiger partial charge is 0.266 e. The van der Waals surface area contributed by atoms with E-state index in [1.807, 2.05) is 0 Å². The fourth-order valence-electron chi connectivity index (χ4n) is 1.24.